The van der Waals surface area contributed by atoms with Crippen LogP contribution in [-0.2, 0) is 36.8 Å². The topological polar surface area (TPSA) is 232 Å². The fourth-order valence-electron chi connectivity index (χ4n) is 3.91. The van der Waals surface area contributed by atoms with Gasteiger partial charge in [0.15, 0.2) is 0 Å². The number of H-pyrrole nitrogens is 2. The number of rotatable bonds is 14. The van der Waals surface area contributed by atoms with Gasteiger partial charge in [0.25, 0.3) is 0 Å². The van der Waals surface area contributed by atoms with Crippen molar-refractivity contribution in [3.05, 3.63) is 54.2 Å². The molecular weight excluding hydrogens is 510 g/mol. The van der Waals surface area contributed by atoms with Gasteiger partial charge in [-0.25, -0.2) is 9.78 Å². The van der Waals surface area contributed by atoms with Gasteiger partial charge in [0.05, 0.1) is 12.4 Å². The highest BCUT2D eigenvalue weighted by Crippen LogP contribution is 2.19. The lowest BCUT2D eigenvalue weighted by Crippen LogP contribution is -2.57. The summed E-state index contributed by atoms with van der Waals surface area (Å²) in [6, 6.07) is 2.60. The zero-order valence-corrected chi connectivity index (χ0v) is 21.1. The first-order chi connectivity index (χ1) is 18.5. The molecule has 0 aliphatic carbocycles. The molecule has 0 bridgehead atoms. The van der Waals surface area contributed by atoms with Crippen molar-refractivity contribution >= 4 is 40.6 Å². The van der Waals surface area contributed by atoms with Gasteiger partial charge in [-0.2, -0.15) is 0 Å². The number of carbonyl (C=O) groups is 5. The van der Waals surface area contributed by atoms with E-state index in [0.717, 1.165) is 10.9 Å². The summed E-state index contributed by atoms with van der Waals surface area (Å²) in [5.74, 6) is -4.56. The Morgan fingerprint density at radius 1 is 0.949 bits per heavy atom. The maximum Gasteiger partial charge on any atom is 0.326 e. The SMILES string of the molecule is CC(NC(=O)C(Cc1cnc[nH]1)NC(=O)C(N)CCC(=O)O)C(=O)NC(Cc1c[nH]c2ccccc12)C(=O)O. The van der Waals surface area contributed by atoms with E-state index in [9.17, 15) is 29.1 Å². The molecule has 9 N–H and O–H groups in total. The van der Waals surface area contributed by atoms with Crippen molar-refractivity contribution in [3.63, 3.8) is 0 Å². The Labute approximate surface area is 222 Å². The first-order valence-electron chi connectivity index (χ1n) is 12.2. The summed E-state index contributed by atoms with van der Waals surface area (Å²) < 4.78 is 0. The quantitative estimate of drug-likeness (QED) is 0.130. The number of carbonyl (C=O) groups excluding carboxylic acids is 3. The Balaban J connectivity index is 1.64. The number of hydrogen-bond donors (Lipinski definition) is 8. The summed E-state index contributed by atoms with van der Waals surface area (Å²) in [6.45, 7) is 1.38. The summed E-state index contributed by atoms with van der Waals surface area (Å²) in [6.07, 6.45) is 4.06. The Bertz CT molecular complexity index is 1320. The maximum absolute atomic E-state index is 13.0. The highest BCUT2D eigenvalue weighted by Gasteiger charge is 2.29. The van der Waals surface area contributed by atoms with Gasteiger partial charge in [-0.1, -0.05) is 18.2 Å². The average molecular weight is 542 g/mol. The number of benzene rings is 1. The zero-order valence-electron chi connectivity index (χ0n) is 21.1. The minimum atomic E-state index is -1.26. The largest absolute Gasteiger partial charge is 0.481 e. The van der Waals surface area contributed by atoms with Crippen molar-refractivity contribution in [3.8, 4) is 0 Å². The van der Waals surface area contributed by atoms with Crippen LogP contribution in [0.4, 0.5) is 0 Å². The van der Waals surface area contributed by atoms with Crippen molar-refractivity contribution in [2.45, 2.75) is 56.8 Å². The number of aromatic nitrogens is 3. The number of nitrogens with two attached hydrogens (primary N) is 1. The van der Waals surface area contributed by atoms with Crippen LogP contribution in [-0.4, -0.2) is 79.0 Å². The number of nitrogens with zero attached hydrogens (tertiary/aromatic N) is 1. The number of hydrogen-bond acceptors (Lipinski definition) is 7. The van der Waals surface area contributed by atoms with Crippen LogP contribution in [0.5, 0.6) is 0 Å². The van der Waals surface area contributed by atoms with E-state index in [-0.39, 0.29) is 25.7 Å². The molecule has 3 rings (SSSR count). The number of aliphatic carboxylic acids is 2. The van der Waals surface area contributed by atoms with Gasteiger partial charge in [0, 0.05) is 48.3 Å². The lowest BCUT2D eigenvalue weighted by molar-refractivity contribution is -0.142. The molecule has 4 unspecified atom stereocenters. The van der Waals surface area contributed by atoms with Gasteiger partial charge >= 0.3 is 11.9 Å². The van der Waals surface area contributed by atoms with E-state index in [2.05, 4.69) is 30.9 Å². The Kier molecular flexibility index (Phi) is 9.75. The van der Waals surface area contributed by atoms with Gasteiger partial charge in [-0.3, -0.25) is 19.2 Å². The predicted molar refractivity (Wildman–Crippen MR) is 138 cm³/mol. The smallest absolute Gasteiger partial charge is 0.326 e. The molecule has 14 heteroatoms. The van der Waals surface area contributed by atoms with Gasteiger partial charge in [-0.15, -0.1) is 0 Å². The van der Waals surface area contributed by atoms with Crippen molar-refractivity contribution in [2.75, 3.05) is 0 Å². The molecule has 208 valence electrons. The lowest BCUT2D eigenvalue weighted by Gasteiger charge is -2.23. The second-order valence-corrected chi connectivity index (χ2v) is 9.07. The van der Waals surface area contributed by atoms with Crippen LogP contribution in [0, 0.1) is 0 Å². The number of imidazole rings is 1. The van der Waals surface area contributed by atoms with E-state index in [4.69, 9.17) is 10.8 Å². The van der Waals surface area contributed by atoms with Crippen LogP contribution in [0.15, 0.2) is 43.0 Å². The molecule has 0 radical (unpaired) electrons. The Hall–Kier alpha value is -4.72. The molecule has 0 saturated carbocycles. The maximum atomic E-state index is 13.0. The van der Waals surface area contributed by atoms with Crippen LogP contribution in [0.1, 0.15) is 31.0 Å². The molecule has 0 aliphatic rings. The second kappa shape index (κ2) is 13.2. The van der Waals surface area contributed by atoms with Gasteiger partial charge in [0.2, 0.25) is 17.7 Å². The first kappa shape index (κ1) is 28.8. The fourth-order valence-corrected chi connectivity index (χ4v) is 3.91. The Morgan fingerprint density at radius 2 is 1.67 bits per heavy atom. The minimum Gasteiger partial charge on any atom is -0.481 e. The third kappa shape index (κ3) is 8.13. The number of para-hydroxylation sites is 1. The monoisotopic (exact) mass is 541 g/mol. The molecule has 0 fully saturated rings. The molecule has 14 nitrogen and oxygen atoms in total. The summed E-state index contributed by atoms with van der Waals surface area (Å²) in [5, 5.41) is 26.8. The van der Waals surface area contributed by atoms with Crippen molar-refractivity contribution in [2.24, 2.45) is 5.73 Å². The molecule has 0 spiro atoms. The third-order valence-electron chi connectivity index (χ3n) is 6.08. The summed E-state index contributed by atoms with van der Waals surface area (Å²) >= 11 is 0. The summed E-state index contributed by atoms with van der Waals surface area (Å²) in [4.78, 5) is 70.8. The fraction of sp³-hybridized carbons (Fsp3) is 0.360. The zero-order chi connectivity index (χ0) is 28.5. The highest BCUT2D eigenvalue weighted by molar-refractivity contribution is 5.94. The number of aromatic amines is 2. The van der Waals surface area contributed by atoms with Gasteiger partial charge < -0.3 is 41.9 Å². The molecule has 3 amide bonds. The van der Waals surface area contributed by atoms with Crippen molar-refractivity contribution < 1.29 is 34.2 Å². The second-order valence-electron chi connectivity index (χ2n) is 9.07. The molecule has 39 heavy (non-hydrogen) atoms. The van der Waals surface area contributed by atoms with E-state index in [0.29, 0.717) is 11.3 Å². The third-order valence-corrected chi connectivity index (χ3v) is 6.08. The molecule has 0 aliphatic heterocycles. The van der Waals surface area contributed by atoms with E-state index < -0.39 is 53.8 Å². The normalized spacial score (nSPS) is 14.1. The van der Waals surface area contributed by atoms with E-state index in [1.54, 1.807) is 6.20 Å². The van der Waals surface area contributed by atoms with Crippen LogP contribution in [0.2, 0.25) is 0 Å². The first-order valence-corrected chi connectivity index (χ1v) is 12.2. The number of nitrogens with one attached hydrogen (secondary N) is 5. The highest BCUT2D eigenvalue weighted by atomic mass is 16.4. The summed E-state index contributed by atoms with van der Waals surface area (Å²) in [5.41, 5.74) is 7.81. The van der Waals surface area contributed by atoms with Crippen molar-refractivity contribution in [1.82, 2.24) is 30.9 Å². The molecule has 1 aromatic carbocycles. The average Bonchev–Trinajstić information content (AvgIpc) is 3.56. The van der Waals surface area contributed by atoms with E-state index in [1.165, 1.54) is 19.4 Å². The molecule has 2 heterocycles. The molecule has 0 saturated heterocycles. The number of amides is 3. The van der Waals surface area contributed by atoms with Gasteiger partial charge in [0.1, 0.15) is 18.1 Å². The van der Waals surface area contributed by atoms with E-state index in [1.807, 2.05) is 24.3 Å². The van der Waals surface area contributed by atoms with Crippen LogP contribution >= 0.6 is 0 Å². The number of fused-ring (bicyclic) bond motifs is 1. The molecule has 4 atom stereocenters. The predicted octanol–water partition coefficient (Wildman–Crippen LogP) is -0.573. The van der Waals surface area contributed by atoms with Crippen molar-refractivity contribution in [1.29, 1.82) is 0 Å². The van der Waals surface area contributed by atoms with E-state index >= 15 is 0 Å². The van der Waals surface area contributed by atoms with Gasteiger partial charge in [-0.05, 0) is 25.0 Å². The van der Waals surface area contributed by atoms with Crippen LogP contribution in [0.3, 0.4) is 0 Å². The lowest BCUT2D eigenvalue weighted by atomic mass is 10.0. The molecule has 3 aromatic rings. The summed E-state index contributed by atoms with van der Waals surface area (Å²) in [7, 11) is 0. The molecule has 2 aromatic heterocycles. The Morgan fingerprint density at radius 3 is 2.33 bits per heavy atom. The molecular formula is C25H31N7O7. The standard InChI is InChI=1S/C25H31N7O7/c1-13(22(35)32-20(25(38)39)8-14-10-28-18-5-3-2-4-16(14)18)30-24(37)19(9-15-11-27-12-29-15)31-23(36)17(26)6-7-21(33)34/h2-5,10-13,17,19-20,28H,6-9,26H2,1H3,(H,27,29)(H,30,37)(H,31,36)(H,32,35)(H,33,34)(H,38,39). The number of carboxylic acids is 2. The number of carboxylic acid groups (broad SMARTS) is 2. The van der Waals surface area contributed by atoms with Crippen LogP contribution < -0.4 is 21.7 Å². The van der Waals surface area contributed by atoms with Crippen LogP contribution in [0.25, 0.3) is 10.9 Å². The minimum absolute atomic E-state index is 0.0124.